The third kappa shape index (κ3) is 1.94. The van der Waals surface area contributed by atoms with Crippen molar-refractivity contribution in [3.05, 3.63) is 59.0 Å². The van der Waals surface area contributed by atoms with Crippen LogP contribution in [0.2, 0.25) is 0 Å². The van der Waals surface area contributed by atoms with Gasteiger partial charge in [-0.15, -0.1) is 0 Å². The van der Waals surface area contributed by atoms with Gasteiger partial charge in [-0.3, -0.25) is 0 Å². The van der Waals surface area contributed by atoms with E-state index in [9.17, 15) is 9.90 Å². The minimum atomic E-state index is -1.07. The number of carbonyl (C=O) groups excluding carboxylic acids is 1. The summed E-state index contributed by atoms with van der Waals surface area (Å²) in [6.07, 6.45) is 0.995. The maximum absolute atomic E-state index is 11.4. The van der Waals surface area contributed by atoms with Crippen molar-refractivity contribution in [2.45, 2.75) is 18.4 Å². The fourth-order valence-electron chi connectivity index (χ4n) is 2.57. The molecule has 1 N–H and O–H groups in total. The van der Waals surface area contributed by atoms with Crippen LogP contribution in [0, 0.1) is 0 Å². The van der Waals surface area contributed by atoms with Crippen LogP contribution in [0.4, 0.5) is 0 Å². The molecule has 1 aliphatic rings. The van der Waals surface area contributed by atoms with Gasteiger partial charge in [0, 0.05) is 12.8 Å². The maximum atomic E-state index is 11.4. The highest BCUT2D eigenvalue weighted by Gasteiger charge is 2.39. The van der Waals surface area contributed by atoms with Gasteiger partial charge in [0.15, 0.2) is 0 Å². The first-order valence-corrected chi connectivity index (χ1v) is 6.10. The molecule has 0 fully saturated rings. The fraction of sp³-hybridized carbons (Fsp3) is 0.267. The Morgan fingerprint density at radius 1 is 1.21 bits per heavy atom. The average molecular weight is 258 g/mol. The van der Waals surface area contributed by atoms with E-state index in [1.165, 1.54) is 13.2 Å². The average Bonchev–Trinajstić information content (AvgIpc) is 3.01. The summed E-state index contributed by atoms with van der Waals surface area (Å²) in [6, 6.07) is 11.1. The quantitative estimate of drug-likeness (QED) is 0.837. The van der Waals surface area contributed by atoms with E-state index < -0.39 is 11.6 Å². The smallest absolute Gasteiger partial charge is 0.373 e. The zero-order valence-corrected chi connectivity index (χ0v) is 10.6. The summed E-state index contributed by atoms with van der Waals surface area (Å²) in [7, 11) is 1.30. The summed E-state index contributed by atoms with van der Waals surface area (Å²) < 4.78 is 10.0. The molecule has 0 spiro atoms. The normalized spacial score (nSPS) is 16.1. The summed E-state index contributed by atoms with van der Waals surface area (Å²) in [5, 5.41) is 10.7. The predicted molar refractivity (Wildman–Crippen MR) is 67.8 cm³/mol. The van der Waals surface area contributed by atoms with Crippen molar-refractivity contribution in [2.75, 3.05) is 7.11 Å². The van der Waals surface area contributed by atoms with Crippen LogP contribution >= 0.6 is 0 Å². The molecule has 4 heteroatoms. The molecule has 0 bridgehead atoms. The summed E-state index contributed by atoms with van der Waals surface area (Å²) in [5.41, 5.74) is 1.15. The predicted octanol–water partition coefficient (Wildman–Crippen LogP) is 2.05. The summed E-state index contributed by atoms with van der Waals surface area (Å²) in [4.78, 5) is 11.4. The van der Waals surface area contributed by atoms with E-state index in [2.05, 4.69) is 4.74 Å². The lowest BCUT2D eigenvalue weighted by Gasteiger charge is -2.18. The van der Waals surface area contributed by atoms with Crippen molar-refractivity contribution in [3.8, 4) is 0 Å². The highest BCUT2D eigenvalue weighted by molar-refractivity contribution is 5.86. The van der Waals surface area contributed by atoms with E-state index in [0.717, 1.165) is 11.1 Å². The Labute approximate surface area is 110 Å². The molecule has 4 nitrogen and oxygen atoms in total. The molecule has 0 aliphatic heterocycles. The lowest BCUT2D eigenvalue weighted by Crippen LogP contribution is -2.25. The number of rotatable bonds is 2. The Bertz CT molecular complexity index is 602. The lowest BCUT2D eigenvalue weighted by molar-refractivity contribution is 0.0226. The number of hydrogen-bond donors (Lipinski definition) is 1. The van der Waals surface area contributed by atoms with Gasteiger partial charge in [-0.2, -0.15) is 0 Å². The molecule has 1 aromatic carbocycles. The molecule has 0 unspecified atom stereocenters. The molecular weight excluding hydrogens is 244 g/mol. The van der Waals surface area contributed by atoms with Crippen LogP contribution in [0.15, 0.2) is 40.8 Å². The van der Waals surface area contributed by atoms with Crippen molar-refractivity contribution in [1.29, 1.82) is 0 Å². The minimum Gasteiger partial charge on any atom is -0.463 e. The SMILES string of the molecule is COC(=O)c1ccc(C2(O)Cc3ccccc3C2)o1. The number of methoxy groups -OCH3 is 1. The molecule has 0 atom stereocenters. The summed E-state index contributed by atoms with van der Waals surface area (Å²) >= 11 is 0. The third-order valence-corrected chi connectivity index (χ3v) is 3.54. The molecule has 1 aromatic heterocycles. The van der Waals surface area contributed by atoms with Gasteiger partial charge in [0.1, 0.15) is 11.4 Å². The third-order valence-electron chi connectivity index (χ3n) is 3.54. The Hall–Kier alpha value is -2.07. The molecule has 0 saturated heterocycles. The van der Waals surface area contributed by atoms with Crippen molar-refractivity contribution >= 4 is 5.97 Å². The number of furan rings is 1. The van der Waals surface area contributed by atoms with Crippen LogP contribution in [0.25, 0.3) is 0 Å². The van der Waals surface area contributed by atoms with Crippen LogP contribution in [0.1, 0.15) is 27.4 Å². The number of hydrogen-bond acceptors (Lipinski definition) is 4. The zero-order valence-electron chi connectivity index (χ0n) is 10.6. The van der Waals surface area contributed by atoms with Gasteiger partial charge in [-0.05, 0) is 23.3 Å². The second-order valence-electron chi connectivity index (χ2n) is 4.81. The number of aliphatic hydroxyl groups is 1. The van der Waals surface area contributed by atoms with Crippen molar-refractivity contribution in [2.24, 2.45) is 0 Å². The Balaban J connectivity index is 1.91. The van der Waals surface area contributed by atoms with Crippen LogP contribution in [-0.2, 0) is 23.2 Å². The van der Waals surface area contributed by atoms with Gasteiger partial charge in [-0.25, -0.2) is 4.79 Å². The number of ether oxygens (including phenoxy) is 1. The highest BCUT2D eigenvalue weighted by Crippen LogP contribution is 2.38. The minimum absolute atomic E-state index is 0.113. The second kappa shape index (κ2) is 4.24. The van der Waals surface area contributed by atoms with Gasteiger partial charge < -0.3 is 14.3 Å². The van der Waals surface area contributed by atoms with Gasteiger partial charge in [0.2, 0.25) is 5.76 Å². The first-order chi connectivity index (χ1) is 9.12. The van der Waals surface area contributed by atoms with Gasteiger partial charge in [0.25, 0.3) is 0 Å². The van der Waals surface area contributed by atoms with Crippen molar-refractivity contribution in [3.63, 3.8) is 0 Å². The largest absolute Gasteiger partial charge is 0.463 e. The summed E-state index contributed by atoms with van der Waals surface area (Å²) in [5.74, 6) is -0.0173. The highest BCUT2D eigenvalue weighted by atomic mass is 16.5. The Morgan fingerprint density at radius 3 is 2.42 bits per heavy atom. The van der Waals surface area contributed by atoms with Crippen LogP contribution in [0.3, 0.4) is 0 Å². The number of fused-ring (bicyclic) bond motifs is 1. The fourth-order valence-corrected chi connectivity index (χ4v) is 2.57. The maximum Gasteiger partial charge on any atom is 0.373 e. The topological polar surface area (TPSA) is 59.7 Å². The number of esters is 1. The standard InChI is InChI=1S/C15H14O4/c1-18-14(16)12-6-7-13(19-12)15(17)8-10-4-2-3-5-11(10)9-15/h2-7,17H,8-9H2,1H3. The molecular formula is C15H14O4. The lowest BCUT2D eigenvalue weighted by atomic mass is 9.97. The van der Waals surface area contributed by atoms with Crippen LogP contribution < -0.4 is 0 Å². The van der Waals surface area contributed by atoms with E-state index in [0.29, 0.717) is 18.6 Å². The van der Waals surface area contributed by atoms with Crippen molar-refractivity contribution in [1.82, 2.24) is 0 Å². The van der Waals surface area contributed by atoms with E-state index in [1.807, 2.05) is 24.3 Å². The van der Waals surface area contributed by atoms with E-state index in [4.69, 9.17) is 4.42 Å². The number of carbonyl (C=O) groups is 1. The van der Waals surface area contributed by atoms with Crippen molar-refractivity contribution < 1.29 is 19.1 Å². The molecule has 3 rings (SSSR count). The van der Waals surface area contributed by atoms with Crippen LogP contribution in [-0.4, -0.2) is 18.2 Å². The Morgan fingerprint density at radius 2 is 1.84 bits per heavy atom. The van der Waals surface area contributed by atoms with E-state index in [1.54, 1.807) is 6.07 Å². The Kier molecular flexibility index (Phi) is 2.68. The molecule has 0 amide bonds. The number of benzene rings is 1. The molecule has 1 aliphatic carbocycles. The molecule has 0 saturated carbocycles. The van der Waals surface area contributed by atoms with Gasteiger partial charge >= 0.3 is 5.97 Å². The molecule has 0 radical (unpaired) electrons. The molecule has 98 valence electrons. The first kappa shape index (κ1) is 12.0. The molecule has 19 heavy (non-hydrogen) atoms. The summed E-state index contributed by atoms with van der Waals surface area (Å²) in [6.45, 7) is 0. The van der Waals surface area contributed by atoms with Gasteiger partial charge in [-0.1, -0.05) is 24.3 Å². The first-order valence-electron chi connectivity index (χ1n) is 6.10. The monoisotopic (exact) mass is 258 g/mol. The molecule has 1 heterocycles. The second-order valence-corrected chi connectivity index (χ2v) is 4.81. The molecule has 2 aromatic rings. The van der Waals surface area contributed by atoms with Gasteiger partial charge in [0.05, 0.1) is 7.11 Å². The van der Waals surface area contributed by atoms with E-state index in [-0.39, 0.29) is 5.76 Å². The van der Waals surface area contributed by atoms with E-state index >= 15 is 0 Å². The van der Waals surface area contributed by atoms with Crippen LogP contribution in [0.5, 0.6) is 0 Å². The zero-order chi connectivity index (χ0) is 13.5.